The van der Waals surface area contributed by atoms with Crippen LogP contribution in [-0.2, 0) is 14.8 Å². The van der Waals surface area contributed by atoms with E-state index < -0.39 is 22.0 Å². The lowest BCUT2D eigenvalue weighted by molar-refractivity contribution is 0.0927. The Kier molecular flexibility index (Phi) is 13.7. The number of aromatic nitrogens is 10. The number of hydrogen-bond acceptors (Lipinski definition) is 11. The van der Waals surface area contributed by atoms with Gasteiger partial charge in [-0.25, -0.2) is 26.6 Å². The number of hydrogen-bond donors (Lipinski definition) is 3. The number of H-pyrrole nitrogens is 1. The lowest BCUT2D eigenvalue weighted by atomic mass is 10.1. The van der Waals surface area contributed by atoms with Crippen molar-refractivity contribution < 1.29 is 31.5 Å². The molecule has 8 aromatic rings. The van der Waals surface area contributed by atoms with Crippen LogP contribution in [0.1, 0.15) is 83.7 Å². The first-order valence-electron chi connectivity index (χ1n) is 20.0. The molecule has 1 saturated heterocycles. The van der Waals surface area contributed by atoms with Crippen molar-refractivity contribution in [3.8, 4) is 11.4 Å². The summed E-state index contributed by atoms with van der Waals surface area (Å²) in [5.41, 5.74) is 4.60. The summed E-state index contributed by atoms with van der Waals surface area (Å²) in [5.74, 6) is -1.31. The zero-order valence-electron chi connectivity index (χ0n) is 34.5. The quantitative estimate of drug-likeness (QED) is 0.129. The van der Waals surface area contributed by atoms with Crippen molar-refractivity contribution in [3.63, 3.8) is 0 Å². The molecule has 0 bridgehead atoms. The Morgan fingerprint density at radius 3 is 1.65 bits per heavy atom. The van der Waals surface area contributed by atoms with Gasteiger partial charge in [0.05, 0.1) is 88.0 Å². The van der Waals surface area contributed by atoms with E-state index in [-0.39, 0.29) is 23.6 Å². The summed E-state index contributed by atoms with van der Waals surface area (Å²) in [7, 11) is -3.51. The van der Waals surface area contributed by atoms with Gasteiger partial charge in [0.25, 0.3) is 21.8 Å². The molecule has 0 aliphatic carbocycles. The van der Waals surface area contributed by atoms with Gasteiger partial charge in [0.15, 0.2) is 0 Å². The van der Waals surface area contributed by atoms with E-state index in [1.54, 1.807) is 70.7 Å². The Morgan fingerprint density at radius 2 is 1.24 bits per heavy atom. The molecular formula is C43H44F2N12O5S. The van der Waals surface area contributed by atoms with Gasteiger partial charge in [-0.3, -0.25) is 24.7 Å². The maximum atomic E-state index is 13.2. The van der Waals surface area contributed by atoms with Gasteiger partial charge in [0.1, 0.15) is 11.6 Å². The number of nitrogens with zero attached hydrogens (tertiary/aromatic N) is 9. The van der Waals surface area contributed by atoms with Gasteiger partial charge in [0.2, 0.25) is 0 Å². The topological polar surface area (TPSA) is 209 Å². The summed E-state index contributed by atoms with van der Waals surface area (Å²) in [6.45, 7) is 5.84. The van der Waals surface area contributed by atoms with Gasteiger partial charge < -0.3 is 15.4 Å². The molecule has 9 rings (SSSR count). The smallest absolute Gasteiger partial charge is 0.254 e. The number of nitrogens with one attached hydrogen (secondary N) is 3. The molecule has 17 nitrogen and oxygen atoms in total. The van der Waals surface area contributed by atoms with Gasteiger partial charge in [0, 0.05) is 48.8 Å². The average Bonchev–Trinajstić information content (AvgIpc) is 4.15. The van der Waals surface area contributed by atoms with Crippen LogP contribution in [0.3, 0.4) is 0 Å². The first kappa shape index (κ1) is 43.9. The minimum absolute atomic E-state index is 0.178. The number of pyridine rings is 2. The predicted octanol–water partition coefficient (Wildman–Crippen LogP) is 6.41. The summed E-state index contributed by atoms with van der Waals surface area (Å²) in [4.78, 5) is 34.2. The van der Waals surface area contributed by atoms with E-state index in [4.69, 9.17) is 4.74 Å². The second-order valence-electron chi connectivity index (χ2n) is 14.4. The number of aromatic amines is 1. The van der Waals surface area contributed by atoms with E-state index in [1.165, 1.54) is 55.7 Å². The molecule has 0 radical (unpaired) electrons. The highest BCUT2D eigenvalue weighted by molar-refractivity contribution is 7.89. The van der Waals surface area contributed by atoms with Gasteiger partial charge >= 0.3 is 0 Å². The van der Waals surface area contributed by atoms with E-state index >= 15 is 0 Å². The Morgan fingerprint density at radius 1 is 0.730 bits per heavy atom. The van der Waals surface area contributed by atoms with Crippen LogP contribution < -0.4 is 10.6 Å². The third kappa shape index (κ3) is 10.3. The highest BCUT2D eigenvalue weighted by Crippen LogP contribution is 2.24. The van der Waals surface area contributed by atoms with E-state index in [0.29, 0.717) is 62.8 Å². The van der Waals surface area contributed by atoms with Crippen LogP contribution in [0.5, 0.6) is 0 Å². The highest BCUT2D eigenvalue weighted by Gasteiger charge is 2.22. The van der Waals surface area contributed by atoms with Crippen LogP contribution in [0.4, 0.5) is 8.78 Å². The molecule has 2 atom stereocenters. The molecular weight excluding hydrogens is 835 g/mol. The fourth-order valence-electron chi connectivity index (χ4n) is 6.74. The molecule has 2 aromatic carbocycles. The first-order valence-corrected chi connectivity index (χ1v) is 21.9. The van der Waals surface area contributed by atoms with Crippen molar-refractivity contribution in [1.82, 2.24) is 59.5 Å². The van der Waals surface area contributed by atoms with Gasteiger partial charge in [-0.2, -0.15) is 24.5 Å². The number of amides is 2. The number of carbonyl (C=O) groups is 2. The van der Waals surface area contributed by atoms with Crippen LogP contribution in [0, 0.1) is 11.6 Å². The summed E-state index contributed by atoms with van der Waals surface area (Å²) < 4.78 is 58.8. The normalized spacial score (nSPS) is 13.4. The first-order chi connectivity index (χ1) is 30.4. The van der Waals surface area contributed by atoms with E-state index in [9.17, 15) is 26.8 Å². The maximum absolute atomic E-state index is 13.2. The summed E-state index contributed by atoms with van der Waals surface area (Å²) in [6, 6.07) is 14.5. The summed E-state index contributed by atoms with van der Waals surface area (Å²) >= 11 is 0. The van der Waals surface area contributed by atoms with Gasteiger partial charge in [-0.15, -0.1) is 0 Å². The summed E-state index contributed by atoms with van der Waals surface area (Å²) in [5, 5.41) is 26.7. The maximum Gasteiger partial charge on any atom is 0.254 e. The van der Waals surface area contributed by atoms with Crippen LogP contribution in [0.15, 0.2) is 110 Å². The molecule has 1 fully saturated rings. The van der Waals surface area contributed by atoms with E-state index in [0.717, 1.165) is 29.3 Å². The molecule has 0 unspecified atom stereocenters. The Hall–Kier alpha value is -7.19. The molecule has 1 aliphatic heterocycles. The molecule has 20 heteroatoms. The summed E-state index contributed by atoms with van der Waals surface area (Å²) in [6.07, 6.45) is 17.2. The van der Waals surface area contributed by atoms with Crippen LogP contribution >= 0.6 is 0 Å². The third-order valence-corrected chi connectivity index (χ3v) is 10.9. The molecule has 7 heterocycles. The minimum Gasteiger partial charge on any atom is -0.381 e. The molecule has 0 saturated carbocycles. The molecule has 2 amide bonds. The molecule has 1 aliphatic rings. The molecule has 0 spiro atoms. The van der Waals surface area contributed by atoms with E-state index in [1.807, 2.05) is 19.9 Å². The van der Waals surface area contributed by atoms with Crippen molar-refractivity contribution in [1.29, 1.82) is 0 Å². The van der Waals surface area contributed by atoms with Crippen molar-refractivity contribution in [2.24, 2.45) is 0 Å². The molecule has 63 heavy (non-hydrogen) atoms. The van der Waals surface area contributed by atoms with Crippen molar-refractivity contribution in [2.75, 3.05) is 19.5 Å². The number of ether oxygens (including phenoxy) is 1. The second-order valence-corrected chi connectivity index (χ2v) is 16.2. The Bertz CT molecular complexity index is 2900. The fourth-order valence-corrected chi connectivity index (χ4v) is 7.26. The van der Waals surface area contributed by atoms with Gasteiger partial charge in [-0.1, -0.05) is 13.8 Å². The highest BCUT2D eigenvalue weighted by atomic mass is 32.2. The number of halogens is 2. The third-order valence-electron chi connectivity index (χ3n) is 10.1. The monoisotopic (exact) mass is 878 g/mol. The zero-order valence-corrected chi connectivity index (χ0v) is 35.3. The van der Waals surface area contributed by atoms with Crippen LogP contribution in [0.2, 0.25) is 0 Å². The molecule has 6 aromatic heterocycles. The van der Waals surface area contributed by atoms with E-state index in [2.05, 4.69) is 46.1 Å². The Labute approximate surface area is 360 Å². The lowest BCUT2D eigenvalue weighted by Crippen LogP contribution is -2.29. The average molecular weight is 879 g/mol. The van der Waals surface area contributed by atoms with Crippen molar-refractivity contribution in [3.05, 3.63) is 144 Å². The fraction of sp³-hybridized carbons (Fsp3) is 0.256. The van der Waals surface area contributed by atoms with Crippen molar-refractivity contribution in [2.45, 2.75) is 51.6 Å². The van der Waals surface area contributed by atoms with Crippen LogP contribution in [-0.4, -0.2) is 88.6 Å². The largest absolute Gasteiger partial charge is 0.381 e. The predicted molar refractivity (Wildman–Crippen MR) is 230 cm³/mol. The second kappa shape index (κ2) is 19.7. The standard InChI is InChI=1S/C20H19FN6O3S.C19H17FN6O.C4H8O/c1-3-17(18-8-9-26(25-18)31(2,29)30)24-20(28)16-10-22-12-19-15(16)11-23-27(19)14-6-4-13(21)5-7-14;1-2-16(17-7-8-22-25-17)24-19(27)15-9-21-11-18-14(15)10-23-26(18)13-5-3-12(20)4-6-13;1-2-4-5-3-1/h4-12,17H,3H2,1-2H3,(H,24,28);3-11,16H,2H2,1H3,(H,22,25)(H,24,27);1-4H2/t17-;16-;/m00./s1. The lowest BCUT2D eigenvalue weighted by Gasteiger charge is -2.15. The van der Waals surface area contributed by atoms with Crippen LogP contribution in [0.25, 0.3) is 33.2 Å². The Balaban J connectivity index is 0.000000171. The molecule has 326 valence electrons. The number of rotatable bonds is 11. The minimum atomic E-state index is -3.51. The van der Waals surface area contributed by atoms with Gasteiger partial charge in [-0.05, 0) is 86.3 Å². The van der Waals surface area contributed by atoms with Crippen molar-refractivity contribution >= 4 is 43.6 Å². The number of fused-ring (bicyclic) bond motifs is 2. The number of carbonyl (C=O) groups excluding carboxylic acids is 2. The zero-order chi connectivity index (χ0) is 44.5. The number of benzene rings is 2. The SMILES string of the molecule is C1CCOC1.CC[C@H](NC(=O)c1cncc2c1cnn2-c1ccc(F)cc1)c1ccn(S(C)(=O)=O)n1.CC[C@H](NC(=O)c1cncc2c1cnn2-c1ccc(F)cc1)c1ccn[nH]1. The molecule has 3 N–H and O–H groups in total.